The average molecular weight is 645 g/mol. The smallest absolute Gasteiger partial charge is 0.331 e. The molecule has 13 heteroatoms. The molecular formula is C31H34ClFN4O6S. The number of amides is 2. The van der Waals surface area contributed by atoms with E-state index in [0.29, 0.717) is 38.9 Å². The molecule has 0 unspecified atom stereocenters. The zero-order valence-electron chi connectivity index (χ0n) is 24.5. The lowest BCUT2D eigenvalue weighted by Gasteiger charge is -2.38. The van der Waals surface area contributed by atoms with Crippen LogP contribution in [0.1, 0.15) is 36.9 Å². The number of sulfone groups is 1. The van der Waals surface area contributed by atoms with Gasteiger partial charge in [-0.1, -0.05) is 48.0 Å². The summed E-state index contributed by atoms with van der Waals surface area (Å²) in [5, 5.41) is -0.336. The van der Waals surface area contributed by atoms with Gasteiger partial charge >= 0.3 is 5.69 Å². The van der Waals surface area contributed by atoms with Gasteiger partial charge < -0.3 is 9.80 Å². The Hall–Kier alpha value is -3.77. The minimum atomic E-state index is -3.58. The van der Waals surface area contributed by atoms with E-state index >= 15 is 0 Å². The Morgan fingerprint density at radius 1 is 1.00 bits per heavy atom. The fraction of sp³-hybridized carbons (Fsp3) is 0.419. The number of hydrogen-bond acceptors (Lipinski definition) is 6. The number of likely N-dealkylation sites (tertiary alicyclic amines) is 1. The molecule has 2 aliphatic rings. The fourth-order valence-corrected chi connectivity index (χ4v) is 7.45. The number of nitrogens with zero attached hydrogens (tertiary/aromatic N) is 4. The molecule has 0 saturated carbocycles. The van der Waals surface area contributed by atoms with E-state index in [1.54, 1.807) is 4.90 Å². The van der Waals surface area contributed by atoms with Crippen molar-refractivity contribution in [2.24, 2.45) is 0 Å². The van der Waals surface area contributed by atoms with Crippen LogP contribution in [0.25, 0.3) is 11.1 Å². The molecule has 0 aliphatic carbocycles. The summed E-state index contributed by atoms with van der Waals surface area (Å²) >= 11 is 6.17. The van der Waals surface area contributed by atoms with Crippen LogP contribution in [0, 0.1) is 5.82 Å². The highest BCUT2D eigenvalue weighted by atomic mass is 35.5. The number of carbonyl (C=O) groups excluding carboxylic acids is 2. The van der Waals surface area contributed by atoms with Crippen molar-refractivity contribution in [1.82, 2.24) is 18.9 Å². The second-order valence-corrected chi connectivity index (χ2v) is 14.1. The maximum Gasteiger partial charge on any atom is 0.331 e. The van der Waals surface area contributed by atoms with Crippen LogP contribution in [-0.2, 0) is 38.8 Å². The monoisotopic (exact) mass is 644 g/mol. The number of fused-ring (bicyclic) bond motifs is 1. The highest BCUT2D eigenvalue weighted by Gasteiger charge is 2.32. The molecule has 234 valence electrons. The van der Waals surface area contributed by atoms with Gasteiger partial charge in [0.2, 0.25) is 11.8 Å². The summed E-state index contributed by atoms with van der Waals surface area (Å²) in [5.74, 6) is -1.58. The molecular weight excluding hydrogens is 611 g/mol. The molecule has 0 bridgehead atoms. The summed E-state index contributed by atoms with van der Waals surface area (Å²) in [6, 6.07) is 10.8. The number of hydrogen-bond donors (Lipinski definition) is 0. The molecule has 3 aromatic rings. The van der Waals surface area contributed by atoms with Gasteiger partial charge in [0.15, 0.2) is 0 Å². The summed E-state index contributed by atoms with van der Waals surface area (Å²) in [7, 11) is -3.58. The van der Waals surface area contributed by atoms with Crippen LogP contribution in [0.5, 0.6) is 0 Å². The molecule has 3 heterocycles. The third kappa shape index (κ3) is 6.66. The van der Waals surface area contributed by atoms with Crippen molar-refractivity contribution in [3.63, 3.8) is 0 Å². The molecule has 0 spiro atoms. The third-order valence-electron chi connectivity index (χ3n) is 8.38. The standard InChI is InChI=1S/C31H34ClFN4O6S/c1-20(19-44(2,42)43)37-30(40)25(24-8-5-9-26(33)29(24)32)17-35(31(37)41)18-28(39)34-13-11-23(12-14-34)36-15-10-21-6-3-4-7-22(21)16-27(36)38/h3-9,17,20,23H,10-16,18-19H2,1-2H3/t20-/m1/s1. The van der Waals surface area contributed by atoms with Crippen LogP contribution in [0.15, 0.2) is 58.3 Å². The Balaban J connectivity index is 1.37. The van der Waals surface area contributed by atoms with Crippen molar-refractivity contribution >= 4 is 33.3 Å². The number of halogens is 2. The van der Waals surface area contributed by atoms with Crippen LogP contribution >= 0.6 is 11.6 Å². The van der Waals surface area contributed by atoms with E-state index in [4.69, 9.17) is 11.6 Å². The summed E-state index contributed by atoms with van der Waals surface area (Å²) in [6.07, 6.45) is 4.45. The van der Waals surface area contributed by atoms with Gasteiger partial charge in [-0.25, -0.2) is 17.6 Å². The Kier molecular flexibility index (Phi) is 9.12. The predicted octanol–water partition coefficient (Wildman–Crippen LogP) is 2.69. The zero-order chi connectivity index (χ0) is 31.8. The largest absolute Gasteiger partial charge is 0.341 e. The molecule has 2 amide bonds. The molecule has 1 saturated heterocycles. The second kappa shape index (κ2) is 12.7. The topological polar surface area (TPSA) is 119 Å². The van der Waals surface area contributed by atoms with E-state index in [2.05, 4.69) is 0 Å². The Labute approximate surface area is 259 Å². The van der Waals surface area contributed by atoms with Crippen LogP contribution in [0.2, 0.25) is 5.02 Å². The lowest BCUT2D eigenvalue weighted by molar-refractivity contribution is -0.136. The van der Waals surface area contributed by atoms with Gasteiger partial charge in [0.25, 0.3) is 5.56 Å². The predicted molar refractivity (Wildman–Crippen MR) is 165 cm³/mol. The third-order valence-corrected chi connectivity index (χ3v) is 9.85. The van der Waals surface area contributed by atoms with Gasteiger partial charge in [-0.05, 0) is 43.4 Å². The Morgan fingerprint density at radius 2 is 1.68 bits per heavy atom. The number of benzene rings is 2. The highest BCUT2D eigenvalue weighted by molar-refractivity contribution is 7.90. The second-order valence-electron chi connectivity index (χ2n) is 11.6. The molecule has 1 fully saturated rings. The molecule has 2 aromatic carbocycles. The van der Waals surface area contributed by atoms with Crippen molar-refractivity contribution in [1.29, 1.82) is 0 Å². The zero-order valence-corrected chi connectivity index (χ0v) is 26.1. The van der Waals surface area contributed by atoms with Gasteiger partial charge in [0, 0.05) is 43.7 Å². The van der Waals surface area contributed by atoms with Crippen molar-refractivity contribution in [3.8, 4) is 11.1 Å². The number of aromatic nitrogens is 2. The molecule has 44 heavy (non-hydrogen) atoms. The summed E-state index contributed by atoms with van der Waals surface area (Å²) < 4.78 is 40.2. The molecule has 2 aliphatic heterocycles. The molecule has 5 rings (SSSR count). The van der Waals surface area contributed by atoms with E-state index in [9.17, 15) is 32.0 Å². The van der Waals surface area contributed by atoms with Crippen molar-refractivity contribution in [2.75, 3.05) is 31.6 Å². The number of rotatable bonds is 7. The van der Waals surface area contributed by atoms with Gasteiger partial charge in [-0.3, -0.25) is 23.5 Å². The highest BCUT2D eigenvalue weighted by Crippen LogP contribution is 2.28. The van der Waals surface area contributed by atoms with E-state index < -0.39 is 45.2 Å². The summed E-state index contributed by atoms with van der Waals surface area (Å²) in [4.78, 5) is 57.0. The van der Waals surface area contributed by atoms with Crippen LogP contribution in [0.4, 0.5) is 4.39 Å². The van der Waals surface area contributed by atoms with Gasteiger partial charge in [-0.15, -0.1) is 0 Å². The molecule has 0 radical (unpaired) electrons. The first-order chi connectivity index (χ1) is 20.8. The lowest BCUT2D eigenvalue weighted by Crippen LogP contribution is -2.50. The van der Waals surface area contributed by atoms with Crippen molar-refractivity contribution < 1.29 is 22.4 Å². The van der Waals surface area contributed by atoms with Gasteiger partial charge in [0.1, 0.15) is 22.2 Å². The van der Waals surface area contributed by atoms with E-state index in [1.807, 2.05) is 29.2 Å². The minimum Gasteiger partial charge on any atom is -0.341 e. The first kappa shape index (κ1) is 31.6. The summed E-state index contributed by atoms with van der Waals surface area (Å²) in [6.45, 7) is 2.36. The van der Waals surface area contributed by atoms with Gasteiger partial charge in [-0.2, -0.15) is 0 Å². The maximum absolute atomic E-state index is 14.3. The number of carbonyl (C=O) groups is 2. The molecule has 1 aromatic heterocycles. The Bertz CT molecular complexity index is 1830. The van der Waals surface area contributed by atoms with Crippen LogP contribution in [-0.4, -0.2) is 76.9 Å². The SMILES string of the molecule is C[C@H](CS(C)(=O)=O)n1c(=O)c(-c2cccc(F)c2Cl)cn(CC(=O)N2CCC(N3CCc4ccccc4CC3=O)CC2)c1=O. The Morgan fingerprint density at radius 3 is 2.36 bits per heavy atom. The fourth-order valence-electron chi connectivity index (χ4n) is 6.20. The minimum absolute atomic E-state index is 0.0101. The van der Waals surface area contributed by atoms with Crippen molar-refractivity contribution in [3.05, 3.63) is 91.5 Å². The quantitative estimate of drug-likeness (QED) is 0.390. The van der Waals surface area contributed by atoms with E-state index in [1.165, 1.54) is 30.8 Å². The normalized spacial score (nSPS) is 16.9. The van der Waals surface area contributed by atoms with Crippen molar-refractivity contribution in [2.45, 2.75) is 51.2 Å². The van der Waals surface area contributed by atoms with Gasteiger partial charge in [0.05, 0.1) is 28.8 Å². The van der Waals surface area contributed by atoms with E-state index in [-0.39, 0.29) is 34.0 Å². The van der Waals surface area contributed by atoms with Crippen LogP contribution in [0.3, 0.4) is 0 Å². The summed E-state index contributed by atoms with van der Waals surface area (Å²) in [5.41, 5.74) is 0.398. The molecule has 1 atom stereocenters. The first-order valence-electron chi connectivity index (χ1n) is 14.5. The first-order valence-corrected chi connectivity index (χ1v) is 16.9. The van der Waals surface area contributed by atoms with E-state index in [0.717, 1.165) is 33.4 Å². The number of piperidine rings is 1. The van der Waals surface area contributed by atoms with Crippen LogP contribution < -0.4 is 11.2 Å². The lowest BCUT2D eigenvalue weighted by atomic mass is 10.0. The maximum atomic E-state index is 14.3. The molecule has 0 N–H and O–H groups in total. The average Bonchev–Trinajstić information content (AvgIpc) is 3.13. The molecule has 10 nitrogen and oxygen atoms in total.